The fourth-order valence-electron chi connectivity index (χ4n) is 1.18. The summed E-state index contributed by atoms with van der Waals surface area (Å²) in [6.45, 7) is 1.52. The van der Waals surface area contributed by atoms with E-state index < -0.39 is 11.9 Å². The van der Waals surface area contributed by atoms with Gasteiger partial charge in [0, 0.05) is 0 Å². The number of tetrazole rings is 1. The molecule has 0 saturated carbocycles. The van der Waals surface area contributed by atoms with Crippen LogP contribution in [0, 0.1) is 0 Å². The van der Waals surface area contributed by atoms with Gasteiger partial charge in [-0.1, -0.05) is 18.2 Å². The van der Waals surface area contributed by atoms with E-state index in [9.17, 15) is 4.79 Å². The van der Waals surface area contributed by atoms with Gasteiger partial charge in [-0.3, -0.25) is 4.79 Å². The Kier molecular flexibility index (Phi) is 2.63. The fourth-order valence-corrected chi connectivity index (χ4v) is 1.18. The molecular weight excluding hydrogens is 208 g/mol. The normalized spacial score (nSPS) is 12.3. The molecule has 0 spiro atoms. The van der Waals surface area contributed by atoms with E-state index in [1.54, 1.807) is 0 Å². The highest BCUT2D eigenvalue weighted by Crippen LogP contribution is 2.10. The first-order chi connectivity index (χ1) is 7.68. The Bertz CT molecular complexity index is 495. The van der Waals surface area contributed by atoms with Crippen LogP contribution in [-0.2, 0) is 4.79 Å². The quantitative estimate of drug-likeness (QED) is 0.825. The molecular formula is C10H10N4O2. The summed E-state index contributed by atoms with van der Waals surface area (Å²) in [6, 6.07) is 9.20. The standard InChI is InChI=1S/C10H10N4O2/c1-7(10(15)16)9-11-13-14(12-9)8-5-3-2-4-6-8/h2-7H,1H3,(H,15,16). The summed E-state index contributed by atoms with van der Waals surface area (Å²) >= 11 is 0. The second kappa shape index (κ2) is 4.09. The number of carboxylic acid groups (broad SMARTS) is 1. The van der Waals surface area contributed by atoms with Crippen molar-refractivity contribution in [3.05, 3.63) is 36.2 Å². The SMILES string of the molecule is CC(C(=O)O)c1nnn(-c2ccccc2)n1. The van der Waals surface area contributed by atoms with Crippen LogP contribution in [0.2, 0.25) is 0 Å². The van der Waals surface area contributed by atoms with Gasteiger partial charge in [-0.25, -0.2) is 0 Å². The van der Waals surface area contributed by atoms with Crippen LogP contribution in [0.4, 0.5) is 0 Å². The minimum atomic E-state index is -0.965. The molecule has 1 heterocycles. The first kappa shape index (κ1) is 10.3. The Balaban J connectivity index is 2.30. The summed E-state index contributed by atoms with van der Waals surface area (Å²) in [5, 5.41) is 20.3. The lowest BCUT2D eigenvalue weighted by molar-refractivity contribution is -0.138. The van der Waals surface area contributed by atoms with Crippen molar-refractivity contribution in [1.29, 1.82) is 0 Å². The number of aliphatic carboxylic acids is 1. The molecule has 1 N–H and O–H groups in total. The van der Waals surface area contributed by atoms with Crippen LogP contribution >= 0.6 is 0 Å². The fraction of sp³-hybridized carbons (Fsp3) is 0.200. The van der Waals surface area contributed by atoms with Crippen molar-refractivity contribution in [2.24, 2.45) is 0 Å². The molecule has 0 amide bonds. The Labute approximate surface area is 91.5 Å². The molecule has 0 bridgehead atoms. The molecule has 6 nitrogen and oxygen atoms in total. The predicted molar refractivity (Wildman–Crippen MR) is 55.2 cm³/mol. The van der Waals surface area contributed by atoms with Gasteiger partial charge in [0.15, 0.2) is 5.82 Å². The van der Waals surface area contributed by atoms with Crippen LogP contribution in [0.5, 0.6) is 0 Å². The first-order valence-electron chi connectivity index (χ1n) is 4.76. The third-order valence-electron chi connectivity index (χ3n) is 2.17. The lowest BCUT2D eigenvalue weighted by Gasteiger charge is -1.98. The molecule has 1 aromatic heterocycles. The van der Waals surface area contributed by atoms with Crippen molar-refractivity contribution in [2.45, 2.75) is 12.8 Å². The van der Waals surface area contributed by atoms with E-state index in [0.29, 0.717) is 0 Å². The molecule has 2 aromatic rings. The molecule has 0 aliphatic heterocycles. The summed E-state index contributed by atoms with van der Waals surface area (Å²) in [7, 11) is 0. The Morgan fingerprint density at radius 2 is 2.06 bits per heavy atom. The molecule has 0 fully saturated rings. The van der Waals surface area contributed by atoms with E-state index in [4.69, 9.17) is 5.11 Å². The van der Waals surface area contributed by atoms with Gasteiger partial charge in [0.1, 0.15) is 5.92 Å². The third-order valence-corrected chi connectivity index (χ3v) is 2.17. The van der Waals surface area contributed by atoms with Gasteiger partial charge >= 0.3 is 5.97 Å². The molecule has 2 rings (SSSR count). The number of hydrogen-bond donors (Lipinski definition) is 1. The van der Waals surface area contributed by atoms with Gasteiger partial charge in [0.2, 0.25) is 0 Å². The summed E-state index contributed by atoms with van der Waals surface area (Å²) in [5.74, 6) is -1.51. The number of nitrogens with zero attached hydrogens (tertiary/aromatic N) is 4. The average Bonchev–Trinajstić information content (AvgIpc) is 2.78. The molecule has 0 aliphatic carbocycles. The van der Waals surface area contributed by atoms with E-state index in [-0.39, 0.29) is 5.82 Å². The van der Waals surface area contributed by atoms with Crippen molar-refractivity contribution in [3.8, 4) is 5.69 Å². The van der Waals surface area contributed by atoms with Crippen LogP contribution < -0.4 is 0 Å². The predicted octanol–water partition coefficient (Wildman–Crippen LogP) is 0.850. The van der Waals surface area contributed by atoms with Gasteiger partial charge < -0.3 is 5.11 Å². The minimum absolute atomic E-state index is 0.205. The zero-order valence-corrected chi connectivity index (χ0v) is 8.61. The van der Waals surface area contributed by atoms with Crippen LogP contribution in [0.15, 0.2) is 30.3 Å². The van der Waals surface area contributed by atoms with E-state index >= 15 is 0 Å². The highest BCUT2D eigenvalue weighted by atomic mass is 16.4. The Hall–Kier alpha value is -2.24. The molecule has 0 radical (unpaired) electrons. The molecule has 1 unspecified atom stereocenters. The Morgan fingerprint density at radius 3 is 2.69 bits per heavy atom. The number of aromatic nitrogens is 4. The van der Waals surface area contributed by atoms with E-state index in [0.717, 1.165) is 5.69 Å². The molecule has 6 heteroatoms. The van der Waals surface area contributed by atoms with Crippen molar-refractivity contribution < 1.29 is 9.90 Å². The lowest BCUT2D eigenvalue weighted by Crippen LogP contribution is -2.09. The second-order valence-electron chi connectivity index (χ2n) is 3.33. The molecule has 0 saturated heterocycles. The smallest absolute Gasteiger partial charge is 0.314 e. The largest absolute Gasteiger partial charge is 0.481 e. The summed E-state index contributed by atoms with van der Waals surface area (Å²) < 4.78 is 0. The number of rotatable bonds is 3. The van der Waals surface area contributed by atoms with Crippen molar-refractivity contribution in [3.63, 3.8) is 0 Å². The summed E-state index contributed by atoms with van der Waals surface area (Å²) in [5.41, 5.74) is 0.749. The number of hydrogen-bond acceptors (Lipinski definition) is 4. The average molecular weight is 218 g/mol. The molecule has 0 aliphatic rings. The maximum atomic E-state index is 10.7. The van der Waals surface area contributed by atoms with Crippen molar-refractivity contribution >= 4 is 5.97 Å². The Morgan fingerprint density at radius 1 is 1.38 bits per heavy atom. The maximum Gasteiger partial charge on any atom is 0.314 e. The van der Waals surface area contributed by atoms with Gasteiger partial charge in [-0.15, -0.1) is 15.0 Å². The number of carbonyl (C=O) groups is 1. The van der Waals surface area contributed by atoms with Gasteiger partial charge in [0.05, 0.1) is 5.69 Å². The second-order valence-corrected chi connectivity index (χ2v) is 3.33. The summed E-state index contributed by atoms with van der Waals surface area (Å²) in [4.78, 5) is 12.0. The first-order valence-corrected chi connectivity index (χ1v) is 4.76. The molecule has 82 valence electrons. The van der Waals surface area contributed by atoms with Crippen LogP contribution in [0.1, 0.15) is 18.7 Å². The lowest BCUT2D eigenvalue weighted by atomic mass is 10.2. The molecule has 1 aromatic carbocycles. The molecule has 16 heavy (non-hydrogen) atoms. The zero-order valence-electron chi connectivity index (χ0n) is 8.61. The maximum absolute atomic E-state index is 10.7. The van der Waals surface area contributed by atoms with Crippen LogP contribution in [0.3, 0.4) is 0 Å². The zero-order chi connectivity index (χ0) is 11.5. The van der Waals surface area contributed by atoms with Gasteiger partial charge in [0.25, 0.3) is 0 Å². The number of carboxylic acids is 1. The van der Waals surface area contributed by atoms with E-state index in [1.807, 2.05) is 30.3 Å². The van der Waals surface area contributed by atoms with Crippen LogP contribution in [-0.4, -0.2) is 31.3 Å². The highest BCUT2D eigenvalue weighted by molar-refractivity contribution is 5.74. The van der Waals surface area contributed by atoms with Gasteiger partial charge in [-0.2, -0.15) is 0 Å². The highest BCUT2D eigenvalue weighted by Gasteiger charge is 2.19. The third kappa shape index (κ3) is 1.90. The van der Waals surface area contributed by atoms with Crippen LogP contribution in [0.25, 0.3) is 5.69 Å². The number of para-hydroxylation sites is 1. The van der Waals surface area contributed by atoms with E-state index in [2.05, 4.69) is 15.4 Å². The van der Waals surface area contributed by atoms with Crippen molar-refractivity contribution in [1.82, 2.24) is 20.2 Å². The number of benzene rings is 1. The van der Waals surface area contributed by atoms with Gasteiger partial charge in [-0.05, 0) is 24.3 Å². The van der Waals surface area contributed by atoms with Crippen molar-refractivity contribution in [2.75, 3.05) is 0 Å². The minimum Gasteiger partial charge on any atom is -0.481 e. The molecule has 1 atom stereocenters. The summed E-state index contributed by atoms with van der Waals surface area (Å²) in [6.07, 6.45) is 0. The monoisotopic (exact) mass is 218 g/mol. The topological polar surface area (TPSA) is 80.9 Å². The van der Waals surface area contributed by atoms with E-state index in [1.165, 1.54) is 11.7 Å².